The first-order valence-electron chi connectivity index (χ1n) is 11.9. The monoisotopic (exact) mass is 559 g/mol. The molecule has 1 saturated carbocycles. The molecule has 4 heterocycles. The van der Waals surface area contributed by atoms with Crippen LogP contribution in [0.25, 0.3) is 11.0 Å². The number of nitrogens with one attached hydrogen (secondary N) is 2. The summed E-state index contributed by atoms with van der Waals surface area (Å²) in [5.41, 5.74) is 0.610. The van der Waals surface area contributed by atoms with Crippen LogP contribution in [-0.4, -0.2) is 93.6 Å². The summed E-state index contributed by atoms with van der Waals surface area (Å²) in [6, 6.07) is 0.379. The number of hydrogen-bond donors (Lipinski definition) is 5. The molecule has 0 amide bonds. The van der Waals surface area contributed by atoms with Crippen molar-refractivity contribution in [2.45, 2.75) is 69.4 Å². The van der Waals surface area contributed by atoms with Gasteiger partial charge in [0.15, 0.2) is 26.1 Å². The third kappa shape index (κ3) is 7.27. The number of nitrogens with zero attached hydrogens (tertiary/aromatic N) is 7. The molecule has 17 heteroatoms. The van der Waals surface area contributed by atoms with Crippen molar-refractivity contribution in [3.8, 4) is 0 Å². The summed E-state index contributed by atoms with van der Waals surface area (Å²) in [6.45, 7) is 0.228. The molecule has 1 aliphatic carbocycles. The number of aromatic nitrogens is 8. The number of anilines is 1. The number of H-pyrrole nitrogens is 1. The van der Waals surface area contributed by atoms with Gasteiger partial charge in [-0.25, -0.2) is 4.68 Å². The average Bonchev–Trinajstić information content (AvgIpc) is 3.70. The predicted octanol–water partition coefficient (Wildman–Crippen LogP) is 1.49. The van der Waals surface area contributed by atoms with E-state index in [1.165, 1.54) is 12.8 Å². The van der Waals surface area contributed by atoms with Gasteiger partial charge in [-0.05, 0) is 37.3 Å². The van der Waals surface area contributed by atoms with Gasteiger partial charge < -0.3 is 34.4 Å². The van der Waals surface area contributed by atoms with Crippen molar-refractivity contribution >= 4 is 36.8 Å². The largest absolute Gasteiger partial charge is 0.400 e. The van der Waals surface area contributed by atoms with E-state index in [2.05, 4.69) is 41.0 Å². The standard InChI is InChI=1S/C19H27ClN9O5P.CH4O/c20-19-23-17(22-11-3-1-2-4-11)13-7-21-29(18(13)24-19)15-6-5-12(34-15)8-33-16(35(30)31)10-32-9-14-25-27-28-26-14;1-2/h7,11-12,15-16,30-31H,1-6,8-10H2,(H,22,23,24)(H,25,26,27,28);2H,1H3. The zero-order valence-electron chi connectivity index (χ0n) is 20.3. The summed E-state index contributed by atoms with van der Waals surface area (Å²) < 4.78 is 19.0. The molecule has 5 N–H and O–H groups in total. The number of ether oxygens (including phenoxy) is 3. The Kier molecular flexibility index (Phi) is 10.3. The van der Waals surface area contributed by atoms with Gasteiger partial charge in [-0.15, -0.1) is 10.2 Å². The van der Waals surface area contributed by atoms with E-state index in [1.807, 2.05) is 0 Å². The minimum atomic E-state index is -2.36. The van der Waals surface area contributed by atoms with Crippen LogP contribution in [-0.2, 0) is 20.8 Å². The fraction of sp³-hybridized carbons (Fsp3) is 0.700. The number of halogens is 1. The SMILES string of the molecule is CO.OP(O)C(COCc1nn[nH]n1)OCC1CCC(n2ncc3c(NC4CCCC4)nc(Cl)nc32)O1. The Hall–Kier alpha value is -2.10. The minimum Gasteiger partial charge on any atom is -0.400 e. The third-order valence-electron chi connectivity index (χ3n) is 6.09. The molecule has 0 aromatic carbocycles. The molecule has 0 radical (unpaired) electrons. The van der Waals surface area contributed by atoms with Gasteiger partial charge in [0.05, 0.1) is 30.9 Å². The smallest absolute Gasteiger partial charge is 0.226 e. The summed E-state index contributed by atoms with van der Waals surface area (Å²) in [5.74, 6) is 0.169. The maximum Gasteiger partial charge on any atom is 0.226 e. The van der Waals surface area contributed by atoms with Crippen LogP contribution in [0.1, 0.15) is 50.6 Å². The Morgan fingerprint density at radius 3 is 2.78 bits per heavy atom. The van der Waals surface area contributed by atoms with Crippen LogP contribution in [0.15, 0.2) is 6.20 Å². The van der Waals surface area contributed by atoms with Crippen molar-refractivity contribution in [2.75, 3.05) is 25.6 Å². The molecule has 1 aliphatic heterocycles. The molecule has 15 nitrogen and oxygen atoms in total. The van der Waals surface area contributed by atoms with E-state index in [-0.39, 0.29) is 37.4 Å². The molecule has 3 aromatic rings. The maximum atomic E-state index is 9.70. The normalized spacial score (nSPS) is 20.9. The van der Waals surface area contributed by atoms with Gasteiger partial charge in [-0.1, -0.05) is 18.1 Å². The van der Waals surface area contributed by atoms with E-state index in [9.17, 15) is 9.79 Å². The van der Waals surface area contributed by atoms with Gasteiger partial charge >= 0.3 is 0 Å². The number of tetrazole rings is 1. The Morgan fingerprint density at radius 1 is 1.24 bits per heavy atom. The van der Waals surface area contributed by atoms with Crippen LogP contribution in [0, 0.1) is 0 Å². The Bertz CT molecular complexity index is 1100. The quantitative estimate of drug-likeness (QED) is 0.167. The molecule has 0 spiro atoms. The molecule has 3 unspecified atom stereocenters. The van der Waals surface area contributed by atoms with E-state index in [4.69, 9.17) is 30.9 Å². The van der Waals surface area contributed by atoms with Gasteiger partial charge in [0, 0.05) is 13.2 Å². The Labute approximate surface area is 218 Å². The number of rotatable bonds is 11. The lowest BCUT2D eigenvalue weighted by molar-refractivity contribution is -0.0647. The van der Waals surface area contributed by atoms with Crippen molar-refractivity contribution in [3.05, 3.63) is 17.3 Å². The number of aliphatic hydroxyl groups excluding tert-OH is 1. The first-order chi connectivity index (χ1) is 18.1. The first-order valence-corrected chi connectivity index (χ1v) is 13.6. The highest BCUT2D eigenvalue weighted by atomic mass is 35.5. The van der Waals surface area contributed by atoms with Crippen molar-refractivity contribution < 1.29 is 29.1 Å². The predicted molar refractivity (Wildman–Crippen MR) is 132 cm³/mol. The second-order valence-corrected chi connectivity index (χ2v) is 10.1. The van der Waals surface area contributed by atoms with E-state index in [0.29, 0.717) is 36.2 Å². The Balaban J connectivity index is 0.00000156. The van der Waals surface area contributed by atoms with Gasteiger partial charge in [-0.2, -0.15) is 20.3 Å². The van der Waals surface area contributed by atoms with E-state index >= 15 is 0 Å². The van der Waals surface area contributed by atoms with Crippen molar-refractivity contribution in [1.82, 2.24) is 40.4 Å². The number of aromatic amines is 1. The van der Waals surface area contributed by atoms with E-state index in [1.54, 1.807) is 10.9 Å². The molecule has 3 atom stereocenters. The second-order valence-electron chi connectivity index (χ2n) is 8.54. The molecular weight excluding hydrogens is 529 g/mol. The lowest BCUT2D eigenvalue weighted by atomic mass is 10.2. The summed E-state index contributed by atoms with van der Waals surface area (Å²) in [4.78, 5) is 28.2. The molecule has 2 aliphatic rings. The van der Waals surface area contributed by atoms with E-state index < -0.39 is 14.2 Å². The average molecular weight is 560 g/mol. The van der Waals surface area contributed by atoms with Crippen LogP contribution in [0.4, 0.5) is 5.82 Å². The highest BCUT2D eigenvalue weighted by Crippen LogP contribution is 2.35. The van der Waals surface area contributed by atoms with Crippen LogP contribution in [0.3, 0.4) is 0 Å². The number of aliphatic hydroxyl groups is 1. The minimum absolute atomic E-state index is 0.0284. The van der Waals surface area contributed by atoms with Crippen LogP contribution in [0.2, 0.25) is 5.28 Å². The van der Waals surface area contributed by atoms with Crippen LogP contribution in [0.5, 0.6) is 0 Å². The van der Waals surface area contributed by atoms with E-state index in [0.717, 1.165) is 25.3 Å². The Morgan fingerprint density at radius 2 is 2.05 bits per heavy atom. The molecular formula is C20H31ClN9O6P. The molecule has 1 saturated heterocycles. The molecule has 204 valence electrons. The van der Waals surface area contributed by atoms with Crippen molar-refractivity contribution in [2.24, 2.45) is 0 Å². The van der Waals surface area contributed by atoms with Crippen LogP contribution >= 0.6 is 20.0 Å². The number of hydrogen-bond acceptors (Lipinski definition) is 13. The summed E-state index contributed by atoms with van der Waals surface area (Å²) in [7, 11) is -1.36. The zero-order chi connectivity index (χ0) is 26.2. The van der Waals surface area contributed by atoms with Gasteiger partial charge in [0.25, 0.3) is 0 Å². The zero-order valence-corrected chi connectivity index (χ0v) is 21.9. The fourth-order valence-electron chi connectivity index (χ4n) is 4.37. The molecule has 0 bridgehead atoms. The molecule has 2 fully saturated rings. The fourth-order valence-corrected chi connectivity index (χ4v) is 4.99. The maximum absolute atomic E-state index is 9.70. The molecule has 37 heavy (non-hydrogen) atoms. The summed E-state index contributed by atoms with van der Waals surface area (Å²) >= 11 is 6.23. The second kappa shape index (κ2) is 13.6. The highest BCUT2D eigenvalue weighted by Gasteiger charge is 2.31. The lowest BCUT2D eigenvalue weighted by Crippen LogP contribution is -2.25. The summed E-state index contributed by atoms with van der Waals surface area (Å²) in [6.07, 6.45) is 7.18. The molecule has 5 rings (SSSR count). The van der Waals surface area contributed by atoms with Crippen LogP contribution < -0.4 is 5.32 Å². The highest BCUT2D eigenvalue weighted by molar-refractivity contribution is 7.45. The van der Waals surface area contributed by atoms with Crippen molar-refractivity contribution in [1.29, 1.82) is 0 Å². The van der Waals surface area contributed by atoms with Gasteiger partial charge in [0.1, 0.15) is 18.3 Å². The first kappa shape index (κ1) is 27.9. The third-order valence-corrected chi connectivity index (χ3v) is 7.08. The lowest BCUT2D eigenvalue weighted by Gasteiger charge is -2.21. The van der Waals surface area contributed by atoms with Crippen molar-refractivity contribution in [3.63, 3.8) is 0 Å². The van der Waals surface area contributed by atoms with Gasteiger partial charge in [-0.3, -0.25) is 0 Å². The number of fused-ring (bicyclic) bond motifs is 1. The topological polar surface area (TPSA) is 198 Å². The summed E-state index contributed by atoms with van der Waals surface area (Å²) in [5, 5.41) is 29.3. The molecule has 3 aromatic heterocycles. The van der Waals surface area contributed by atoms with Gasteiger partial charge in [0.2, 0.25) is 5.28 Å².